The maximum Gasteiger partial charge on any atom is 0.129 e. The summed E-state index contributed by atoms with van der Waals surface area (Å²) in [6.45, 7) is 7.99. The van der Waals surface area contributed by atoms with Crippen LogP contribution in [0.4, 0.5) is 0 Å². The molecule has 0 fully saturated rings. The molecule has 1 rings (SSSR count). The van der Waals surface area contributed by atoms with Crippen LogP contribution < -0.4 is 5.32 Å². The van der Waals surface area contributed by atoms with E-state index in [1.54, 1.807) is 6.26 Å². The number of ether oxygens (including phenoxy) is 1. The molecule has 0 amide bonds. The number of hydrogen-bond donors (Lipinski definition) is 1. The minimum atomic E-state index is 0.582. The zero-order chi connectivity index (χ0) is 11.6. The van der Waals surface area contributed by atoms with Crippen LogP contribution in [0, 0.1) is 5.92 Å². The van der Waals surface area contributed by atoms with Crippen molar-refractivity contribution in [3.63, 3.8) is 0 Å². The molecule has 1 atom stereocenters. The summed E-state index contributed by atoms with van der Waals surface area (Å²) in [5, 5.41) is 3.43. The van der Waals surface area contributed by atoms with E-state index in [0.29, 0.717) is 6.61 Å². The molecule has 0 aliphatic rings. The van der Waals surface area contributed by atoms with Gasteiger partial charge in [-0.25, -0.2) is 0 Å². The van der Waals surface area contributed by atoms with E-state index in [2.05, 4.69) is 19.2 Å². The van der Waals surface area contributed by atoms with Crippen LogP contribution in [0.5, 0.6) is 0 Å². The van der Waals surface area contributed by atoms with Crippen molar-refractivity contribution in [2.24, 2.45) is 5.92 Å². The standard InChI is InChI=1S/C13H23NO2/c1-3-12(2)10-14-7-5-8-15-11-13-6-4-9-16-13/h4,6,9,12,14H,3,5,7-8,10-11H2,1-2H3. The maximum atomic E-state index is 5.48. The van der Waals surface area contributed by atoms with Gasteiger partial charge >= 0.3 is 0 Å². The molecule has 1 N–H and O–H groups in total. The van der Waals surface area contributed by atoms with Gasteiger partial charge in [0.2, 0.25) is 0 Å². The largest absolute Gasteiger partial charge is 0.467 e. The zero-order valence-corrected chi connectivity index (χ0v) is 10.4. The summed E-state index contributed by atoms with van der Waals surface area (Å²) >= 11 is 0. The molecule has 0 saturated heterocycles. The van der Waals surface area contributed by atoms with Gasteiger partial charge in [-0.15, -0.1) is 0 Å². The van der Waals surface area contributed by atoms with Gasteiger partial charge in [-0.2, -0.15) is 0 Å². The van der Waals surface area contributed by atoms with Gasteiger partial charge < -0.3 is 14.5 Å². The van der Waals surface area contributed by atoms with E-state index in [1.807, 2.05) is 12.1 Å². The van der Waals surface area contributed by atoms with E-state index in [9.17, 15) is 0 Å². The Morgan fingerprint density at radius 1 is 1.50 bits per heavy atom. The Hall–Kier alpha value is -0.800. The van der Waals surface area contributed by atoms with Crippen molar-refractivity contribution in [3.8, 4) is 0 Å². The molecular weight excluding hydrogens is 202 g/mol. The SMILES string of the molecule is CCC(C)CNCCCOCc1ccco1. The van der Waals surface area contributed by atoms with Gasteiger partial charge in [0.25, 0.3) is 0 Å². The van der Waals surface area contributed by atoms with Crippen molar-refractivity contribution in [2.45, 2.75) is 33.3 Å². The highest BCUT2D eigenvalue weighted by molar-refractivity contribution is 4.95. The van der Waals surface area contributed by atoms with Crippen molar-refractivity contribution >= 4 is 0 Å². The lowest BCUT2D eigenvalue weighted by Gasteiger charge is -2.09. The Kier molecular flexibility index (Phi) is 6.93. The first-order chi connectivity index (χ1) is 7.83. The Labute approximate surface area is 98.2 Å². The van der Waals surface area contributed by atoms with Crippen LogP contribution in [0.25, 0.3) is 0 Å². The average Bonchev–Trinajstić information content (AvgIpc) is 2.80. The zero-order valence-electron chi connectivity index (χ0n) is 10.4. The number of furan rings is 1. The van der Waals surface area contributed by atoms with Gasteiger partial charge in [-0.3, -0.25) is 0 Å². The monoisotopic (exact) mass is 225 g/mol. The van der Waals surface area contributed by atoms with Crippen LogP contribution in [-0.4, -0.2) is 19.7 Å². The fourth-order valence-electron chi connectivity index (χ4n) is 1.36. The van der Waals surface area contributed by atoms with Crippen molar-refractivity contribution in [1.82, 2.24) is 5.32 Å². The third-order valence-corrected chi connectivity index (χ3v) is 2.66. The fourth-order valence-corrected chi connectivity index (χ4v) is 1.36. The molecule has 0 bridgehead atoms. The van der Waals surface area contributed by atoms with Crippen LogP contribution >= 0.6 is 0 Å². The van der Waals surface area contributed by atoms with E-state index in [-0.39, 0.29) is 0 Å². The van der Waals surface area contributed by atoms with E-state index in [0.717, 1.165) is 37.8 Å². The molecule has 0 radical (unpaired) electrons. The van der Waals surface area contributed by atoms with Crippen molar-refractivity contribution in [3.05, 3.63) is 24.2 Å². The second kappa shape index (κ2) is 8.36. The highest BCUT2D eigenvalue weighted by Gasteiger charge is 1.97. The molecule has 1 heterocycles. The molecule has 92 valence electrons. The third-order valence-electron chi connectivity index (χ3n) is 2.66. The smallest absolute Gasteiger partial charge is 0.129 e. The Balaban J connectivity index is 1.85. The first kappa shape index (κ1) is 13.3. The summed E-state index contributed by atoms with van der Waals surface area (Å²) in [5.41, 5.74) is 0. The Morgan fingerprint density at radius 2 is 2.38 bits per heavy atom. The minimum absolute atomic E-state index is 0.582. The molecule has 1 aromatic rings. The van der Waals surface area contributed by atoms with Gasteiger partial charge in [0.1, 0.15) is 12.4 Å². The van der Waals surface area contributed by atoms with Crippen LogP contribution in [0.3, 0.4) is 0 Å². The van der Waals surface area contributed by atoms with E-state index >= 15 is 0 Å². The molecule has 0 spiro atoms. The second-order valence-electron chi connectivity index (χ2n) is 4.20. The molecule has 16 heavy (non-hydrogen) atoms. The lowest BCUT2D eigenvalue weighted by Crippen LogP contribution is -2.22. The molecular formula is C13H23NO2. The quantitative estimate of drug-likeness (QED) is 0.656. The summed E-state index contributed by atoms with van der Waals surface area (Å²) < 4.78 is 10.6. The van der Waals surface area contributed by atoms with Crippen LogP contribution in [-0.2, 0) is 11.3 Å². The van der Waals surface area contributed by atoms with Crippen molar-refractivity contribution in [2.75, 3.05) is 19.7 Å². The Morgan fingerprint density at radius 3 is 3.06 bits per heavy atom. The average molecular weight is 225 g/mol. The normalized spacial score (nSPS) is 12.9. The predicted molar refractivity (Wildman–Crippen MR) is 65.3 cm³/mol. The molecule has 3 heteroatoms. The summed E-state index contributed by atoms with van der Waals surface area (Å²) in [6.07, 6.45) is 3.96. The predicted octanol–water partition coefficient (Wildman–Crippen LogP) is 2.82. The number of nitrogens with one attached hydrogen (secondary N) is 1. The molecule has 0 aliphatic heterocycles. The highest BCUT2D eigenvalue weighted by Crippen LogP contribution is 2.01. The molecule has 1 unspecified atom stereocenters. The lowest BCUT2D eigenvalue weighted by atomic mass is 10.1. The van der Waals surface area contributed by atoms with Gasteiger partial charge in [0, 0.05) is 6.61 Å². The number of hydrogen-bond acceptors (Lipinski definition) is 3. The topological polar surface area (TPSA) is 34.4 Å². The molecule has 3 nitrogen and oxygen atoms in total. The van der Waals surface area contributed by atoms with E-state index in [4.69, 9.17) is 9.15 Å². The van der Waals surface area contributed by atoms with E-state index < -0.39 is 0 Å². The summed E-state index contributed by atoms with van der Waals surface area (Å²) in [5.74, 6) is 1.66. The molecule has 0 aromatic carbocycles. The molecule has 0 saturated carbocycles. The summed E-state index contributed by atoms with van der Waals surface area (Å²) in [4.78, 5) is 0. The minimum Gasteiger partial charge on any atom is -0.467 e. The third kappa shape index (κ3) is 5.93. The highest BCUT2D eigenvalue weighted by atomic mass is 16.5. The maximum absolute atomic E-state index is 5.48. The Bertz CT molecular complexity index is 246. The first-order valence-corrected chi connectivity index (χ1v) is 6.13. The van der Waals surface area contributed by atoms with Crippen molar-refractivity contribution < 1.29 is 9.15 Å². The fraction of sp³-hybridized carbons (Fsp3) is 0.692. The summed E-state index contributed by atoms with van der Waals surface area (Å²) in [6, 6.07) is 3.81. The molecule has 0 aliphatic carbocycles. The number of rotatable bonds is 9. The second-order valence-corrected chi connectivity index (χ2v) is 4.20. The first-order valence-electron chi connectivity index (χ1n) is 6.13. The van der Waals surface area contributed by atoms with Crippen LogP contribution in [0.15, 0.2) is 22.8 Å². The van der Waals surface area contributed by atoms with Gasteiger partial charge in [0.05, 0.1) is 6.26 Å². The van der Waals surface area contributed by atoms with E-state index in [1.165, 1.54) is 6.42 Å². The van der Waals surface area contributed by atoms with Gasteiger partial charge in [-0.05, 0) is 37.6 Å². The van der Waals surface area contributed by atoms with Crippen LogP contribution in [0.1, 0.15) is 32.4 Å². The van der Waals surface area contributed by atoms with Crippen molar-refractivity contribution in [1.29, 1.82) is 0 Å². The van der Waals surface area contributed by atoms with Gasteiger partial charge in [0.15, 0.2) is 0 Å². The van der Waals surface area contributed by atoms with Crippen LogP contribution in [0.2, 0.25) is 0 Å². The summed E-state index contributed by atoms with van der Waals surface area (Å²) in [7, 11) is 0. The van der Waals surface area contributed by atoms with Gasteiger partial charge in [-0.1, -0.05) is 20.3 Å². The lowest BCUT2D eigenvalue weighted by molar-refractivity contribution is 0.104. The molecule has 1 aromatic heterocycles.